The largest absolute Gasteiger partial charge is 0.335 e. The zero-order valence-electron chi connectivity index (χ0n) is 51.0. The van der Waals surface area contributed by atoms with Crippen molar-refractivity contribution in [2.45, 2.75) is 213 Å². The van der Waals surface area contributed by atoms with Crippen molar-refractivity contribution in [3.05, 3.63) is 165 Å². The van der Waals surface area contributed by atoms with Crippen molar-refractivity contribution < 1.29 is 0 Å². The van der Waals surface area contributed by atoms with E-state index in [2.05, 4.69) is 248 Å². The van der Waals surface area contributed by atoms with E-state index in [0.717, 1.165) is 12.8 Å². The molecule has 3 aliphatic carbocycles. The van der Waals surface area contributed by atoms with Gasteiger partial charge >= 0.3 is 0 Å². The molecule has 0 bridgehead atoms. The predicted molar refractivity (Wildman–Crippen MR) is 340 cm³/mol. The van der Waals surface area contributed by atoms with Gasteiger partial charge in [0.25, 0.3) is 6.71 Å². The Morgan fingerprint density at radius 2 is 1.01 bits per heavy atom. The lowest BCUT2D eigenvalue weighted by atomic mass is 9.33. The zero-order chi connectivity index (χ0) is 55.7. The second-order valence-electron chi connectivity index (χ2n) is 30.5. The Morgan fingerprint density at radius 1 is 0.430 bits per heavy atom. The minimum absolute atomic E-state index is 0.00500. The van der Waals surface area contributed by atoms with Crippen LogP contribution in [0.3, 0.4) is 0 Å². The molecule has 7 aromatic rings. The van der Waals surface area contributed by atoms with Crippen LogP contribution in [0.15, 0.2) is 115 Å². The molecule has 404 valence electrons. The topological polar surface area (TPSA) is 9.72 Å². The van der Waals surface area contributed by atoms with Gasteiger partial charge < -0.3 is 14.7 Å². The van der Waals surface area contributed by atoms with Crippen LogP contribution in [-0.4, -0.2) is 17.8 Å². The van der Waals surface area contributed by atoms with Crippen LogP contribution in [0.4, 0.5) is 39.8 Å². The van der Waals surface area contributed by atoms with Crippen LogP contribution in [-0.2, 0) is 32.5 Å². The summed E-state index contributed by atoms with van der Waals surface area (Å²) < 4.78 is 0. The minimum atomic E-state index is -0.258. The van der Waals surface area contributed by atoms with Gasteiger partial charge in [0, 0.05) is 50.4 Å². The molecule has 4 heterocycles. The Morgan fingerprint density at radius 3 is 1.66 bits per heavy atom. The summed E-state index contributed by atoms with van der Waals surface area (Å²) in [5.74, 6) is 0. The van der Waals surface area contributed by atoms with Crippen LogP contribution in [0.2, 0.25) is 0 Å². The van der Waals surface area contributed by atoms with Crippen molar-refractivity contribution in [1.29, 1.82) is 0 Å². The van der Waals surface area contributed by atoms with Gasteiger partial charge in [-0.2, -0.15) is 0 Å². The van der Waals surface area contributed by atoms with E-state index in [-0.39, 0.29) is 50.3 Å². The predicted octanol–water partition coefficient (Wildman–Crippen LogP) is 18.3. The third-order valence-corrected chi connectivity index (χ3v) is 22.6. The van der Waals surface area contributed by atoms with Crippen molar-refractivity contribution in [2.24, 2.45) is 0 Å². The number of hydrogen-bond acceptors (Lipinski definition) is 3. The van der Waals surface area contributed by atoms with Gasteiger partial charge in [0.05, 0.1) is 16.8 Å². The Bertz CT molecular complexity index is 3760. The van der Waals surface area contributed by atoms with Crippen molar-refractivity contribution in [2.75, 3.05) is 14.7 Å². The van der Waals surface area contributed by atoms with E-state index in [9.17, 15) is 0 Å². The molecule has 4 unspecified atom stereocenters. The molecule has 3 nitrogen and oxygen atoms in total. The molecule has 0 N–H and O–H groups in total. The van der Waals surface area contributed by atoms with Crippen molar-refractivity contribution in [3.63, 3.8) is 0 Å². The lowest BCUT2D eigenvalue weighted by molar-refractivity contribution is 0.194. The van der Waals surface area contributed by atoms with Crippen molar-refractivity contribution >= 4 is 62.9 Å². The molecule has 4 heteroatoms. The van der Waals surface area contributed by atoms with E-state index in [4.69, 9.17) is 0 Å². The Kier molecular flexibility index (Phi) is 10.5. The third kappa shape index (κ3) is 6.61. The number of anilines is 7. The summed E-state index contributed by atoms with van der Waals surface area (Å²) >= 11 is 0. The standard InChI is InChI=1S/C75H86BN3/c1-45-38-51(70(9,10)11)39-46(2)65(45)77-61-43-52(78-60-33-30-50(69(6,7)8)42-56(60)72(14)34-20-22-36-74(72,78)16)44-62-64(61)76(58-32-31-54-53-24-18-19-25-55(53)71(12,13)63(54)67(58)77)59-41-48(47-26-28-49(29-27-47)68(3,4)5)40-57-66(59)79(62)75(17)37-23-21-35-73(57,75)15/h18-19,24-33,38-44H,20-23,34-37H2,1-17H3. The lowest BCUT2D eigenvalue weighted by Gasteiger charge is -2.54. The van der Waals surface area contributed by atoms with Gasteiger partial charge in [-0.05, 0) is 183 Å². The monoisotopic (exact) mass is 1040 g/mol. The van der Waals surface area contributed by atoms with E-state index < -0.39 is 0 Å². The molecular weight excluding hydrogens is 954 g/mol. The van der Waals surface area contributed by atoms with Crippen molar-refractivity contribution in [1.82, 2.24) is 0 Å². The first-order valence-corrected chi connectivity index (χ1v) is 30.6. The van der Waals surface area contributed by atoms with E-state index in [1.807, 2.05) is 0 Å². The molecule has 2 saturated carbocycles. The summed E-state index contributed by atoms with van der Waals surface area (Å²) in [6.07, 6.45) is 9.67. The molecule has 4 aliphatic heterocycles. The Balaban J connectivity index is 1.14. The quantitative estimate of drug-likeness (QED) is 0.163. The average molecular weight is 1040 g/mol. The molecule has 4 atom stereocenters. The van der Waals surface area contributed by atoms with Crippen LogP contribution in [0.5, 0.6) is 0 Å². The molecule has 0 saturated heterocycles. The van der Waals surface area contributed by atoms with Gasteiger partial charge in [-0.3, -0.25) is 0 Å². The highest BCUT2D eigenvalue weighted by molar-refractivity contribution is 7.00. The van der Waals surface area contributed by atoms with Gasteiger partial charge in [-0.1, -0.05) is 207 Å². The summed E-state index contributed by atoms with van der Waals surface area (Å²) in [5, 5.41) is 0. The van der Waals surface area contributed by atoms with Crippen LogP contribution in [0.25, 0.3) is 22.3 Å². The molecule has 0 spiro atoms. The SMILES string of the molecule is Cc1cc(C(C)(C)C)cc(C)c1N1c2cc(N3c4ccc(C(C)(C)C)cc4C4(C)CCCCC34C)cc3c2B(c2ccc4c(c21)C(C)(C)c1ccccc1-4)c1cc(-c2ccc(C(C)(C)C)cc2)cc2c1N3C1(C)CCCCC21C. The Labute approximate surface area is 475 Å². The van der Waals surface area contributed by atoms with Crippen molar-refractivity contribution in [3.8, 4) is 22.3 Å². The molecule has 2 fully saturated rings. The molecule has 79 heavy (non-hydrogen) atoms. The normalized spacial score (nSPS) is 24.8. The number of fused-ring (bicyclic) bond motifs is 14. The number of hydrogen-bond donors (Lipinski definition) is 0. The lowest BCUT2D eigenvalue weighted by Crippen LogP contribution is -2.65. The summed E-state index contributed by atoms with van der Waals surface area (Å²) in [7, 11) is 0. The van der Waals surface area contributed by atoms with Gasteiger partial charge in [-0.25, -0.2) is 0 Å². The second-order valence-corrected chi connectivity index (χ2v) is 30.5. The molecule has 7 aliphatic rings. The fourth-order valence-corrected chi connectivity index (χ4v) is 17.7. The smallest absolute Gasteiger partial charge is 0.252 e. The first kappa shape index (κ1) is 51.2. The summed E-state index contributed by atoms with van der Waals surface area (Å²) in [5.41, 5.74) is 31.8. The maximum atomic E-state index is 2.99. The molecular formula is C75H86BN3. The summed E-state index contributed by atoms with van der Waals surface area (Å²) in [6.45, 7) is 41.8. The van der Waals surface area contributed by atoms with Gasteiger partial charge in [0.15, 0.2) is 0 Å². The maximum Gasteiger partial charge on any atom is 0.252 e. The van der Waals surface area contributed by atoms with Gasteiger partial charge in [-0.15, -0.1) is 0 Å². The number of rotatable bonds is 3. The fraction of sp³-hybridized carbons (Fsp3) is 0.440. The first-order chi connectivity index (χ1) is 37.1. The summed E-state index contributed by atoms with van der Waals surface area (Å²) in [6, 6.07) is 47.6. The molecule has 0 aromatic heterocycles. The summed E-state index contributed by atoms with van der Waals surface area (Å²) in [4.78, 5) is 8.76. The minimum Gasteiger partial charge on any atom is -0.335 e. The Hall–Kier alpha value is -6.00. The highest BCUT2D eigenvalue weighted by Gasteiger charge is 2.63. The zero-order valence-corrected chi connectivity index (χ0v) is 51.0. The number of benzene rings is 7. The van der Waals surface area contributed by atoms with Crippen LogP contribution >= 0.6 is 0 Å². The highest BCUT2D eigenvalue weighted by Crippen LogP contribution is 2.66. The van der Waals surface area contributed by atoms with E-state index in [1.165, 1.54) is 156 Å². The highest BCUT2D eigenvalue weighted by atomic mass is 15.3. The maximum absolute atomic E-state index is 2.99. The average Bonchev–Trinajstić information content (AvgIpc) is 2.51. The van der Waals surface area contributed by atoms with Crippen LogP contribution in [0.1, 0.15) is 205 Å². The number of aryl methyl sites for hydroxylation is 2. The van der Waals surface area contributed by atoms with Crippen LogP contribution < -0.4 is 31.1 Å². The molecule has 14 rings (SSSR count). The number of nitrogens with zero attached hydrogens (tertiary/aromatic N) is 3. The molecule has 0 amide bonds. The van der Waals surface area contributed by atoms with E-state index in [1.54, 1.807) is 11.1 Å². The van der Waals surface area contributed by atoms with E-state index >= 15 is 0 Å². The second kappa shape index (κ2) is 16.1. The molecule has 7 aromatic carbocycles. The fourth-order valence-electron chi connectivity index (χ4n) is 17.7. The van der Waals surface area contributed by atoms with E-state index in [0.29, 0.717) is 0 Å². The molecule has 0 radical (unpaired) electrons. The first-order valence-electron chi connectivity index (χ1n) is 30.6. The van der Waals surface area contributed by atoms with Gasteiger partial charge in [0.2, 0.25) is 0 Å². The third-order valence-electron chi connectivity index (χ3n) is 22.6. The van der Waals surface area contributed by atoms with Gasteiger partial charge in [0.1, 0.15) is 0 Å². The van der Waals surface area contributed by atoms with Crippen LogP contribution in [0, 0.1) is 13.8 Å².